The molecule has 0 radical (unpaired) electrons. The molecule has 1 N–H and O–H groups in total. The molecule has 0 aliphatic carbocycles. The van der Waals surface area contributed by atoms with Crippen LogP contribution in [0.15, 0.2) is 29.4 Å². The van der Waals surface area contributed by atoms with E-state index in [1.165, 1.54) is 0 Å². The molecule has 1 saturated heterocycles. The maximum Gasteiger partial charge on any atom is 0.194 e. The molecular weight excluding hydrogens is 288 g/mol. The maximum absolute atomic E-state index is 4.80. The zero-order valence-corrected chi connectivity index (χ0v) is 14.7. The van der Waals surface area contributed by atoms with Gasteiger partial charge in [-0.25, -0.2) is 4.99 Å². The van der Waals surface area contributed by atoms with Crippen molar-refractivity contribution in [1.29, 1.82) is 0 Å². The second-order valence-corrected chi connectivity index (χ2v) is 7.24. The summed E-state index contributed by atoms with van der Waals surface area (Å²) in [7, 11) is 0. The van der Waals surface area contributed by atoms with Crippen molar-refractivity contribution in [2.24, 2.45) is 10.4 Å². The van der Waals surface area contributed by atoms with Gasteiger partial charge < -0.3 is 10.2 Å². The van der Waals surface area contributed by atoms with Gasteiger partial charge in [0.2, 0.25) is 0 Å². The number of pyridine rings is 1. The number of likely N-dealkylation sites (tertiary alicyclic amines) is 1. The first-order valence-corrected chi connectivity index (χ1v) is 8.21. The van der Waals surface area contributed by atoms with Crippen LogP contribution in [0.1, 0.15) is 40.4 Å². The molecule has 3 heterocycles. The zero-order chi connectivity index (χ0) is 16.7. The zero-order valence-electron chi connectivity index (χ0n) is 14.7. The molecule has 0 unspecified atom stereocenters. The average Bonchev–Trinajstić information content (AvgIpc) is 2.93. The van der Waals surface area contributed by atoms with Crippen LogP contribution in [0.4, 0.5) is 0 Å². The lowest BCUT2D eigenvalue weighted by Crippen LogP contribution is -2.72. The van der Waals surface area contributed by atoms with E-state index in [0.717, 1.165) is 30.5 Å². The Hall–Kier alpha value is -2.11. The summed E-state index contributed by atoms with van der Waals surface area (Å²) in [5.74, 6) is 1.80. The molecule has 3 rings (SSSR count). The second-order valence-electron chi connectivity index (χ2n) is 7.24. The smallest absolute Gasteiger partial charge is 0.194 e. The van der Waals surface area contributed by atoms with Gasteiger partial charge in [0.25, 0.3) is 0 Å². The molecule has 1 aliphatic rings. The molecule has 2 aromatic heterocycles. The normalized spacial score (nSPS) is 19.7. The van der Waals surface area contributed by atoms with E-state index in [2.05, 4.69) is 55.0 Å². The number of nitrogens with zero attached hydrogens (tertiary/aromatic N) is 5. The third kappa shape index (κ3) is 2.56. The van der Waals surface area contributed by atoms with E-state index in [4.69, 9.17) is 4.99 Å². The van der Waals surface area contributed by atoms with Crippen LogP contribution in [-0.4, -0.2) is 44.1 Å². The third-order valence-corrected chi connectivity index (χ3v) is 5.23. The fourth-order valence-electron chi connectivity index (χ4n) is 2.94. The largest absolute Gasteiger partial charge is 0.356 e. The summed E-state index contributed by atoms with van der Waals surface area (Å²) < 4.78 is 1.98. The summed E-state index contributed by atoms with van der Waals surface area (Å²) in [5.41, 5.74) is 1.22. The van der Waals surface area contributed by atoms with E-state index >= 15 is 0 Å². The summed E-state index contributed by atoms with van der Waals surface area (Å²) in [5, 5.41) is 11.8. The molecule has 0 spiro atoms. The quantitative estimate of drug-likeness (QED) is 0.698. The van der Waals surface area contributed by atoms with Crippen molar-refractivity contribution in [3.8, 4) is 0 Å². The number of guanidine groups is 1. The van der Waals surface area contributed by atoms with Crippen LogP contribution < -0.4 is 5.32 Å². The van der Waals surface area contributed by atoms with E-state index in [0.29, 0.717) is 6.54 Å². The fraction of sp³-hybridized carbons (Fsp3) is 0.588. The van der Waals surface area contributed by atoms with Crippen molar-refractivity contribution < 1.29 is 0 Å². The Morgan fingerprint density at radius 3 is 2.70 bits per heavy atom. The van der Waals surface area contributed by atoms with Gasteiger partial charge in [0.05, 0.1) is 0 Å². The van der Waals surface area contributed by atoms with Crippen LogP contribution in [0.2, 0.25) is 0 Å². The molecule has 6 heteroatoms. The molecule has 0 atom stereocenters. The Morgan fingerprint density at radius 1 is 1.26 bits per heavy atom. The minimum Gasteiger partial charge on any atom is -0.356 e. The molecule has 0 amide bonds. The van der Waals surface area contributed by atoms with Crippen molar-refractivity contribution in [2.45, 2.75) is 46.7 Å². The minimum atomic E-state index is 0.0842. The van der Waals surface area contributed by atoms with Crippen LogP contribution in [0.25, 0.3) is 5.65 Å². The Labute approximate surface area is 137 Å². The average molecular weight is 314 g/mol. The molecule has 23 heavy (non-hydrogen) atoms. The Balaban J connectivity index is 1.83. The highest BCUT2D eigenvalue weighted by Gasteiger charge is 2.53. The van der Waals surface area contributed by atoms with Gasteiger partial charge in [0.1, 0.15) is 6.54 Å². The van der Waals surface area contributed by atoms with Crippen molar-refractivity contribution >= 4 is 11.6 Å². The highest BCUT2D eigenvalue weighted by atomic mass is 15.4. The molecule has 2 aromatic rings. The lowest BCUT2D eigenvalue weighted by Gasteiger charge is -2.62. The first-order valence-electron chi connectivity index (χ1n) is 8.21. The number of aromatic nitrogens is 3. The number of hydrogen-bond acceptors (Lipinski definition) is 3. The van der Waals surface area contributed by atoms with Gasteiger partial charge in [0.15, 0.2) is 17.4 Å². The van der Waals surface area contributed by atoms with Crippen molar-refractivity contribution in [3.05, 3.63) is 30.2 Å². The first-order chi connectivity index (χ1) is 10.9. The van der Waals surface area contributed by atoms with Gasteiger partial charge in [-0.15, -0.1) is 10.2 Å². The molecule has 124 valence electrons. The predicted molar refractivity (Wildman–Crippen MR) is 92.4 cm³/mol. The molecular formula is C17H26N6. The Bertz CT molecular complexity index is 728. The number of nitrogens with one attached hydrogen (secondary N) is 1. The van der Waals surface area contributed by atoms with E-state index in [-0.39, 0.29) is 11.0 Å². The molecule has 1 aliphatic heterocycles. The molecule has 1 fully saturated rings. The summed E-state index contributed by atoms with van der Waals surface area (Å²) in [4.78, 5) is 7.14. The van der Waals surface area contributed by atoms with Crippen molar-refractivity contribution in [2.75, 3.05) is 13.1 Å². The van der Waals surface area contributed by atoms with E-state index in [1.807, 2.05) is 28.8 Å². The molecule has 0 saturated carbocycles. The van der Waals surface area contributed by atoms with Gasteiger partial charge in [-0.1, -0.05) is 19.9 Å². The summed E-state index contributed by atoms with van der Waals surface area (Å²) in [6.45, 7) is 13.6. The first kappa shape index (κ1) is 15.8. The Morgan fingerprint density at radius 2 is 2.04 bits per heavy atom. The predicted octanol–water partition coefficient (Wildman–Crippen LogP) is 2.32. The molecule has 0 aromatic carbocycles. The lowest BCUT2D eigenvalue weighted by molar-refractivity contribution is -0.0668. The SMILES string of the molecule is CCNC(=NCc1nnc2ccccn12)N1CC(C)(C)C1(C)C. The monoisotopic (exact) mass is 314 g/mol. The number of aliphatic imine (C=N–C) groups is 1. The Kier molecular flexibility index (Phi) is 3.78. The van der Waals surface area contributed by atoms with Crippen LogP contribution >= 0.6 is 0 Å². The summed E-state index contributed by atoms with van der Waals surface area (Å²) in [6, 6.07) is 5.90. The number of fused-ring (bicyclic) bond motifs is 1. The summed E-state index contributed by atoms with van der Waals surface area (Å²) in [6.07, 6.45) is 1.98. The van der Waals surface area contributed by atoms with Gasteiger partial charge in [-0.3, -0.25) is 4.40 Å². The van der Waals surface area contributed by atoms with Crippen molar-refractivity contribution in [1.82, 2.24) is 24.8 Å². The minimum absolute atomic E-state index is 0.0842. The second kappa shape index (κ2) is 5.51. The highest BCUT2D eigenvalue weighted by molar-refractivity contribution is 5.82. The number of rotatable bonds is 3. The van der Waals surface area contributed by atoms with Gasteiger partial charge >= 0.3 is 0 Å². The summed E-state index contributed by atoms with van der Waals surface area (Å²) >= 11 is 0. The van der Waals surface area contributed by atoms with E-state index in [1.54, 1.807) is 0 Å². The third-order valence-electron chi connectivity index (χ3n) is 5.23. The van der Waals surface area contributed by atoms with Gasteiger partial charge in [-0.05, 0) is 32.9 Å². The highest BCUT2D eigenvalue weighted by Crippen LogP contribution is 2.46. The fourth-order valence-corrected chi connectivity index (χ4v) is 2.94. The van der Waals surface area contributed by atoms with Crippen LogP contribution in [-0.2, 0) is 6.54 Å². The van der Waals surface area contributed by atoms with Crippen LogP contribution in [0.3, 0.4) is 0 Å². The standard InChI is InChI=1S/C17H26N6/c1-6-18-15(23-12-16(2,3)17(23,4)5)19-11-14-21-20-13-9-7-8-10-22(13)14/h7-10H,6,11-12H2,1-5H3,(H,18,19). The number of hydrogen-bond donors (Lipinski definition) is 1. The molecule has 0 bridgehead atoms. The van der Waals surface area contributed by atoms with Gasteiger partial charge in [-0.2, -0.15) is 0 Å². The topological polar surface area (TPSA) is 57.8 Å². The van der Waals surface area contributed by atoms with Gasteiger partial charge in [0, 0.05) is 30.2 Å². The van der Waals surface area contributed by atoms with Crippen LogP contribution in [0.5, 0.6) is 0 Å². The maximum atomic E-state index is 4.80. The van der Waals surface area contributed by atoms with E-state index < -0.39 is 0 Å². The molecule has 6 nitrogen and oxygen atoms in total. The lowest BCUT2D eigenvalue weighted by atomic mass is 9.65. The van der Waals surface area contributed by atoms with Crippen LogP contribution in [0, 0.1) is 5.41 Å². The van der Waals surface area contributed by atoms with E-state index in [9.17, 15) is 0 Å². The van der Waals surface area contributed by atoms with Crippen molar-refractivity contribution in [3.63, 3.8) is 0 Å².